The first-order valence-corrected chi connectivity index (χ1v) is 10.6. The van der Waals surface area contributed by atoms with E-state index < -0.39 is 29.2 Å². The van der Waals surface area contributed by atoms with Crippen LogP contribution < -0.4 is 4.90 Å². The van der Waals surface area contributed by atoms with Gasteiger partial charge in [0.2, 0.25) is 0 Å². The zero-order valence-corrected chi connectivity index (χ0v) is 19.6. The van der Waals surface area contributed by atoms with E-state index in [0.717, 1.165) is 21.5 Å². The Hall–Kier alpha value is -3.90. The number of hydrogen-bond donors (Lipinski definition) is 0. The SMILES string of the molecule is CN(C)c1cc(-n2ccc(C(F)(F)F)n2)nc(C(C)(C)c2cccc(-n3ccc(C(F)(F)F)n3)n2)c1. The first-order chi connectivity index (χ1) is 16.7. The lowest BCUT2D eigenvalue weighted by Crippen LogP contribution is -2.24. The highest BCUT2D eigenvalue weighted by atomic mass is 19.4. The predicted molar refractivity (Wildman–Crippen MR) is 119 cm³/mol. The fraction of sp³-hybridized carbons (Fsp3) is 0.304. The second-order valence-corrected chi connectivity index (χ2v) is 8.76. The van der Waals surface area contributed by atoms with Crippen LogP contribution in [0, 0.1) is 0 Å². The van der Waals surface area contributed by atoms with Gasteiger partial charge < -0.3 is 4.90 Å². The fourth-order valence-electron chi connectivity index (χ4n) is 3.43. The van der Waals surface area contributed by atoms with Crippen molar-refractivity contribution < 1.29 is 26.3 Å². The van der Waals surface area contributed by atoms with Gasteiger partial charge in [0.25, 0.3) is 0 Å². The maximum atomic E-state index is 13.1. The number of alkyl halides is 6. The van der Waals surface area contributed by atoms with Crippen molar-refractivity contribution >= 4 is 5.69 Å². The van der Waals surface area contributed by atoms with Crippen LogP contribution >= 0.6 is 0 Å². The Morgan fingerprint density at radius 3 is 1.69 bits per heavy atom. The van der Waals surface area contributed by atoms with Crippen molar-refractivity contribution in [2.75, 3.05) is 19.0 Å². The molecule has 4 heterocycles. The quantitative estimate of drug-likeness (QED) is 0.343. The largest absolute Gasteiger partial charge is 0.435 e. The van der Waals surface area contributed by atoms with Gasteiger partial charge in [-0.25, -0.2) is 19.3 Å². The van der Waals surface area contributed by atoms with Crippen molar-refractivity contribution in [1.29, 1.82) is 0 Å². The molecule has 0 aliphatic heterocycles. The zero-order valence-electron chi connectivity index (χ0n) is 19.6. The molecule has 0 fully saturated rings. The Morgan fingerprint density at radius 1 is 0.667 bits per heavy atom. The van der Waals surface area contributed by atoms with E-state index in [1.54, 1.807) is 57.1 Å². The number of hydrogen-bond acceptors (Lipinski definition) is 5. The molecule has 4 aromatic heterocycles. The van der Waals surface area contributed by atoms with E-state index in [-0.39, 0.29) is 11.6 Å². The van der Waals surface area contributed by atoms with E-state index in [0.29, 0.717) is 17.1 Å². The molecule has 0 saturated carbocycles. The lowest BCUT2D eigenvalue weighted by molar-refractivity contribution is -0.142. The number of aromatic nitrogens is 6. The third-order valence-electron chi connectivity index (χ3n) is 5.56. The average molecular weight is 509 g/mol. The highest BCUT2D eigenvalue weighted by molar-refractivity contribution is 5.53. The Kier molecular flexibility index (Phi) is 6.05. The molecule has 0 amide bonds. The summed E-state index contributed by atoms with van der Waals surface area (Å²) in [5.41, 5.74) is -1.39. The van der Waals surface area contributed by atoms with Crippen molar-refractivity contribution in [2.45, 2.75) is 31.6 Å². The third kappa shape index (κ3) is 4.90. The topological polar surface area (TPSA) is 64.7 Å². The molecule has 0 spiro atoms. The summed E-state index contributed by atoms with van der Waals surface area (Å²) in [6.45, 7) is 3.61. The molecule has 4 rings (SSSR count). The molecule has 0 radical (unpaired) electrons. The van der Waals surface area contributed by atoms with Crippen molar-refractivity contribution in [3.63, 3.8) is 0 Å². The third-order valence-corrected chi connectivity index (χ3v) is 5.56. The smallest absolute Gasteiger partial charge is 0.377 e. The Balaban J connectivity index is 1.77. The molecule has 13 heteroatoms. The van der Waals surface area contributed by atoms with Crippen LogP contribution in [0.15, 0.2) is 54.9 Å². The van der Waals surface area contributed by atoms with Gasteiger partial charge in [-0.2, -0.15) is 36.5 Å². The first kappa shape index (κ1) is 25.2. The summed E-state index contributed by atoms with van der Waals surface area (Å²) < 4.78 is 80.2. The fourth-order valence-corrected chi connectivity index (χ4v) is 3.43. The molecule has 36 heavy (non-hydrogen) atoms. The Morgan fingerprint density at radius 2 is 1.19 bits per heavy atom. The van der Waals surface area contributed by atoms with Gasteiger partial charge in [0.1, 0.15) is 0 Å². The summed E-state index contributed by atoms with van der Waals surface area (Å²) in [4.78, 5) is 10.8. The zero-order chi connectivity index (χ0) is 26.5. The number of halogens is 6. The number of rotatable bonds is 5. The van der Waals surface area contributed by atoms with Crippen LogP contribution in [-0.4, -0.2) is 43.6 Å². The van der Waals surface area contributed by atoms with Crippen LogP contribution in [0.1, 0.15) is 36.6 Å². The molecule has 4 aromatic rings. The summed E-state index contributed by atoms with van der Waals surface area (Å²) in [6, 6.07) is 9.92. The van der Waals surface area contributed by atoms with Gasteiger partial charge in [0.15, 0.2) is 23.0 Å². The molecule has 0 unspecified atom stereocenters. The molecule has 0 bridgehead atoms. The van der Waals surface area contributed by atoms with Gasteiger partial charge in [0.05, 0.1) is 11.4 Å². The molecule has 0 N–H and O–H groups in total. The van der Waals surface area contributed by atoms with Gasteiger partial charge in [0, 0.05) is 43.7 Å². The molecule has 7 nitrogen and oxygen atoms in total. The van der Waals surface area contributed by atoms with Crippen LogP contribution in [0.3, 0.4) is 0 Å². The summed E-state index contributed by atoms with van der Waals surface area (Å²) in [7, 11) is 3.55. The molecule has 0 aliphatic rings. The minimum atomic E-state index is -4.60. The maximum absolute atomic E-state index is 13.1. The first-order valence-electron chi connectivity index (χ1n) is 10.6. The average Bonchev–Trinajstić information content (AvgIpc) is 3.49. The normalized spacial score (nSPS) is 12.7. The van der Waals surface area contributed by atoms with Gasteiger partial charge in [-0.1, -0.05) is 6.07 Å². The van der Waals surface area contributed by atoms with Gasteiger partial charge >= 0.3 is 12.4 Å². The minimum Gasteiger partial charge on any atom is -0.377 e. The van der Waals surface area contributed by atoms with Gasteiger partial charge in [-0.3, -0.25) is 0 Å². The molecule has 0 aromatic carbocycles. The van der Waals surface area contributed by atoms with E-state index in [1.807, 2.05) is 0 Å². The van der Waals surface area contributed by atoms with Crippen molar-refractivity contribution in [1.82, 2.24) is 29.5 Å². The van der Waals surface area contributed by atoms with Crippen molar-refractivity contribution in [3.05, 3.63) is 77.6 Å². The number of pyridine rings is 2. The van der Waals surface area contributed by atoms with E-state index >= 15 is 0 Å². The van der Waals surface area contributed by atoms with E-state index in [4.69, 9.17) is 0 Å². The van der Waals surface area contributed by atoms with Crippen LogP contribution in [0.2, 0.25) is 0 Å². The summed E-state index contributed by atoms with van der Waals surface area (Å²) >= 11 is 0. The summed E-state index contributed by atoms with van der Waals surface area (Å²) in [6.07, 6.45) is -6.85. The minimum absolute atomic E-state index is 0.165. The number of nitrogens with zero attached hydrogens (tertiary/aromatic N) is 7. The maximum Gasteiger partial charge on any atom is 0.435 e. The summed E-state index contributed by atoms with van der Waals surface area (Å²) in [5.74, 6) is 0.333. The lowest BCUT2D eigenvalue weighted by atomic mass is 9.84. The van der Waals surface area contributed by atoms with E-state index in [1.165, 1.54) is 18.5 Å². The van der Waals surface area contributed by atoms with Crippen LogP contribution in [0.5, 0.6) is 0 Å². The second-order valence-electron chi connectivity index (χ2n) is 8.76. The van der Waals surface area contributed by atoms with Gasteiger partial charge in [-0.15, -0.1) is 0 Å². The number of anilines is 1. The van der Waals surface area contributed by atoms with Crippen LogP contribution in [0.25, 0.3) is 11.6 Å². The van der Waals surface area contributed by atoms with E-state index in [2.05, 4.69) is 20.2 Å². The monoisotopic (exact) mass is 509 g/mol. The van der Waals surface area contributed by atoms with Crippen LogP contribution in [0.4, 0.5) is 32.0 Å². The highest BCUT2D eigenvalue weighted by Gasteiger charge is 2.35. The van der Waals surface area contributed by atoms with Crippen molar-refractivity contribution in [2.24, 2.45) is 0 Å². The Bertz CT molecular complexity index is 1380. The standard InChI is InChI=1S/C23H21F6N7/c1-21(2,15-6-5-7-19(30-15)35-10-8-16(32-35)22(24,25)26)18-12-14(34(3)4)13-20(31-18)36-11-9-17(33-36)23(27,28)29/h5-13H,1-4H3. The second kappa shape index (κ2) is 8.64. The summed E-state index contributed by atoms with van der Waals surface area (Å²) in [5, 5.41) is 7.18. The van der Waals surface area contributed by atoms with Gasteiger partial charge in [-0.05, 0) is 44.2 Å². The molecular formula is C23H21F6N7. The Labute approximate surface area is 202 Å². The van der Waals surface area contributed by atoms with E-state index in [9.17, 15) is 26.3 Å². The molecule has 0 saturated heterocycles. The molecule has 190 valence electrons. The van der Waals surface area contributed by atoms with Crippen LogP contribution in [-0.2, 0) is 17.8 Å². The molecular weight excluding hydrogens is 488 g/mol. The molecule has 0 aliphatic carbocycles. The van der Waals surface area contributed by atoms with Crippen molar-refractivity contribution in [3.8, 4) is 11.6 Å². The highest BCUT2D eigenvalue weighted by Crippen LogP contribution is 2.34. The lowest BCUT2D eigenvalue weighted by Gasteiger charge is -2.26. The molecule has 0 atom stereocenters. The predicted octanol–water partition coefficient (Wildman–Crippen LogP) is 5.28.